The van der Waals surface area contributed by atoms with Crippen LogP contribution >= 0.6 is 11.6 Å². The maximum atomic E-state index is 5.92. The molecule has 0 aliphatic carbocycles. The van der Waals surface area contributed by atoms with E-state index in [1.54, 1.807) is 0 Å². The number of nitrogens with two attached hydrogens (primary N) is 1. The average molecular weight is 258 g/mol. The van der Waals surface area contributed by atoms with Gasteiger partial charge in [0.1, 0.15) is 5.02 Å². The zero-order chi connectivity index (χ0) is 12.7. The summed E-state index contributed by atoms with van der Waals surface area (Å²) in [6, 6.07) is 0. The molecule has 0 radical (unpaired) electrons. The van der Waals surface area contributed by atoms with Gasteiger partial charge in [-0.1, -0.05) is 37.8 Å². The fraction of sp³-hybridized carbons (Fsp3) is 0.667. The van der Waals surface area contributed by atoms with Gasteiger partial charge in [0.15, 0.2) is 0 Å². The molecule has 0 saturated heterocycles. The van der Waals surface area contributed by atoms with E-state index >= 15 is 0 Å². The third kappa shape index (κ3) is 5.22. The van der Waals surface area contributed by atoms with Crippen LogP contribution in [0.5, 0.6) is 5.88 Å². The van der Waals surface area contributed by atoms with Crippen molar-refractivity contribution in [2.75, 3.05) is 5.73 Å². The van der Waals surface area contributed by atoms with Gasteiger partial charge in [-0.3, -0.25) is 0 Å². The zero-order valence-corrected chi connectivity index (χ0v) is 11.2. The van der Waals surface area contributed by atoms with Crippen LogP contribution < -0.4 is 10.5 Å². The lowest BCUT2D eigenvalue weighted by Crippen LogP contribution is -2.13. The van der Waals surface area contributed by atoms with Crippen molar-refractivity contribution in [1.82, 2.24) is 9.97 Å². The first-order valence-electron chi connectivity index (χ1n) is 6.08. The third-order valence-electron chi connectivity index (χ3n) is 2.51. The Morgan fingerprint density at radius 1 is 1.41 bits per heavy atom. The van der Waals surface area contributed by atoms with Crippen LogP contribution in [0.2, 0.25) is 5.02 Å². The first kappa shape index (κ1) is 14.0. The number of halogens is 1. The number of ether oxygens (including phenoxy) is 1. The molecule has 0 fully saturated rings. The number of nitrogens with zero attached hydrogens (tertiary/aromatic N) is 2. The van der Waals surface area contributed by atoms with Crippen LogP contribution in [-0.4, -0.2) is 16.1 Å². The molecule has 0 aliphatic rings. The Labute approximate surface area is 108 Å². The highest BCUT2D eigenvalue weighted by Gasteiger charge is 2.09. The molecule has 1 aromatic rings. The van der Waals surface area contributed by atoms with Crippen molar-refractivity contribution in [3.8, 4) is 5.88 Å². The summed E-state index contributed by atoms with van der Waals surface area (Å²) in [5, 5.41) is 0.402. The predicted octanol–water partition coefficient (Wildman–Crippen LogP) is 3.45. The second kappa shape index (κ2) is 7.33. The van der Waals surface area contributed by atoms with Gasteiger partial charge in [-0.15, -0.1) is 0 Å². The minimum absolute atomic E-state index is 0.0960. The molecule has 0 spiro atoms. The highest BCUT2D eigenvalue weighted by molar-refractivity contribution is 6.31. The second-order valence-electron chi connectivity index (χ2n) is 4.16. The molecule has 0 amide bonds. The Morgan fingerprint density at radius 2 is 2.18 bits per heavy atom. The lowest BCUT2D eigenvalue weighted by molar-refractivity contribution is 0.198. The molecule has 1 atom stereocenters. The Hall–Kier alpha value is -1.03. The van der Waals surface area contributed by atoms with Gasteiger partial charge >= 0.3 is 0 Å². The molecule has 0 saturated carbocycles. The standard InChI is InChI=1S/C12H20ClN3O/c1-3-4-5-6-7-9(2)17-11-10(13)8-15-12(14)16-11/h8-9H,3-7H2,1-2H3,(H2,14,15,16). The molecule has 1 unspecified atom stereocenters. The first-order valence-corrected chi connectivity index (χ1v) is 6.46. The van der Waals surface area contributed by atoms with Gasteiger partial charge in [0.05, 0.1) is 12.3 Å². The van der Waals surface area contributed by atoms with Gasteiger partial charge < -0.3 is 10.5 Å². The normalized spacial score (nSPS) is 12.4. The summed E-state index contributed by atoms with van der Waals surface area (Å²) < 4.78 is 5.64. The van der Waals surface area contributed by atoms with Crippen molar-refractivity contribution < 1.29 is 4.74 Å². The third-order valence-corrected chi connectivity index (χ3v) is 2.77. The van der Waals surface area contributed by atoms with Crippen molar-refractivity contribution in [2.45, 2.75) is 52.1 Å². The monoisotopic (exact) mass is 257 g/mol. The van der Waals surface area contributed by atoms with Crippen LogP contribution in [0.1, 0.15) is 46.0 Å². The zero-order valence-electron chi connectivity index (χ0n) is 10.4. The van der Waals surface area contributed by atoms with Crippen molar-refractivity contribution in [3.05, 3.63) is 11.2 Å². The van der Waals surface area contributed by atoms with Crippen LogP contribution in [0, 0.1) is 0 Å². The van der Waals surface area contributed by atoms with E-state index < -0.39 is 0 Å². The molecule has 1 rings (SSSR count). The summed E-state index contributed by atoms with van der Waals surface area (Å²) >= 11 is 5.92. The Morgan fingerprint density at radius 3 is 2.88 bits per heavy atom. The Bertz CT molecular complexity index is 347. The SMILES string of the molecule is CCCCCCC(C)Oc1nc(N)ncc1Cl. The number of nitrogen functional groups attached to an aromatic ring is 1. The summed E-state index contributed by atoms with van der Waals surface area (Å²) in [4.78, 5) is 7.76. The van der Waals surface area contributed by atoms with E-state index in [9.17, 15) is 0 Å². The minimum Gasteiger partial charge on any atom is -0.473 e. The van der Waals surface area contributed by atoms with Crippen molar-refractivity contribution in [2.24, 2.45) is 0 Å². The fourth-order valence-corrected chi connectivity index (χ4v) is 1.69. The van der Waals surface area contributed by atoms with Crippen LogP contribution in [0.25, 0.3) is 0 Å². The maximum absolute atomic E-state index is 5.92. The second-order valence-corrected chi connectivity index (χ2v) is 4.57. The first-order chi connectivity index (χ1) is 8.13. The number of hydrogen-bond donors (Lipinski definition) is 1. The van der Waals surface area contributed by atoms with Crippen LogP contribution in [0.4, 0.5) is 5.95 Å². The minimum atomic E-state index is 0.0960. The molecule has 5 heteroatoms. The number of hydrogen-bond acceptors (Lipinski definition) is 4. The largest absolute Gasteiger partial charge is 0.473 e. The van der Waals surface area contributed by atoms with Gasteiger partial charge in [0.2, 0.25) is 11.8 Å². The fourth-order valence-electron chi connectivity index (χ4n) is 1.56. The summed E-state index contributed by atoms with van der Waals surface area (Å²) in [5.41, 5.74) is 5.48. The molecule has 96 valence electrons. The van der Waals surface area contributed by atoms with Gasteiger partial charge in [-0.25, -0.2) is 4.98 Å². The lowest BCUT2D eigenvalue weighted by Gasteiger charge is -2.14. The van der Waals surface area contributed by atoms with Crippen molar-refractivity contribution in [1.29, 1.82) is 0 Å². The number of aromatic nitrogens is 2. The van der Waals surface area contributed by atoms with Crippen molar-refractivity contribution >= 4 is 17.5 Å². The molecule has 0 bridgehead atoms. The maximum Gasteiger partial charge on any atom is 0.237 e. The average Bonchev–Trinajstić information content (AvgIpc) is 2.29. The number of rotatable bonds is 7. The summed E-state index contributed by atoms with van der Waals surface area (Å²) in [5.74, 6) is 0.560. The van der Waals surface area contributed by atoms with E-state index in [2.05, 4.69) is 16.9 Å². The van der Waals surface area contributed by atoms with E-state index in [4.69, 9.17) is 22.1 Å². The van der Waals surface area contributed by atoms with Gasteiger partial charge in [-0.05, 0) is 19.8 Å². The van der Waals surface area contributed by atoms with E-state index in [1.807, 2.05) is 6.92 Å². The quantitative estimate of drug-likeness (QED) is 0.760. The molecular formula is C12H20ClN3O. The van der Waals surface area contributed by atoms with Crippen molar-refractivity contribution in [3.63, 3.8) is 0 Å². The lowest BCUT2D eigenvalue weighted by atomic mass is 10.1. The predicted molar refractivity (Wildman–Crippen MR) is 70.3 cm³/mol. The molecule has 2 N–H and O–H groups in total. The molecule has 0 aliphatic heterocycles. The van der Waals surface area contributed by atoms with Crippen LogP contribution in [0.3, 0.4) is 0 Å². The highest BCUT2D eigenvalue weighted by Crippen LogP contribution is 2.23. The van der Waals surface area contributed by atoms with Gasteiger partial charge in [0.25, 0.3) is 0 Å². The van der Waals surface area contributed by atoms with Crippen LogP contribution in [0.15, 0.2) is 6.20 Å². The number of anilines is 1. The summed E-state index contributed by atoms with van der Waals surface area (Å²) in [6.07, 6.45) is 7.47. The Balaban J connectivity index is 2.39. The van der Waals surface area contributed by atoms with E-state index in [1.165, 1.54) is 25.5 Å². The van der Waals surface area contributed by atoms with Crippen LogP contribution in [-0.2, 0) is 0 Å². The number of unbranched alkanes of at least 4 members (excludes halogenated alkanes) is 3. The topological polar surface area (TPSA) is 61.0 Å². The Kier molecular flexibility index (Phi) is 6.05. The van der Waals surface area contributed by atoms with Gasteiger partial charge in [0, 0.05) is 0 Å². The molecule has 1 heterocycles. The highest BCUT2D eigenvalue weighted by atomic mass is 35.5. The van der Waals surface area contributed by atoms with E-state index in [0.717, 1.165) is 12.8 Å². The molecule has 17 heavy (non-hydrogen) atoms. The molecule has 1 aromatic heterocycles. The van der Waals surface area contributed by atoms with E-state index in [-0.39, 0.29) is 12.1 Å². The summed E-state index contributed by atoms with van der Waals surface area (Å²) in [7, 11) is 0. The molecule has 4 nitrogen and oxygen atoms in total. The van der Waals surface area contributed by atoms with Gasteiger partial charge in [-0.2, -0.15) is 4.98 Å². The smallest absolute Gasteiger partial charge is 0.237 e. The van der Waals surface area contributed by atoms with E-state index in [0.29, 0.717) is 10.9 Å². The molecular weight excluding hydrogens is 238 g/mol. The molecule has 0 aromatic carbocycles. The summed E-state index contributed by atoms with van der Waals surface area (Å²) in [6.45, 7) is 4.21.